The van der Waals surface area contributed by atoms with Gasteiger partial charge in [-0.2, -0.15) is 0 Å². The lowest BCUT2D eigenvalue weighted by atomic mass is 9.94. The second kappa shape index (κ2) is 9.89. The van der Waals surface area contributed by atoms with Crippen molar-refractivity contribution >= 4 is 44.6 Å². The maximum atomic E-state index is 12.6. The summed E-state index contributed by atoms with van der Waals surface area (Å²) in [5.41, 5.74) is 2.02. The van der Waals surface area contributed by atoms with E-state index in [0.717, 1.165) is 21.9 Å². The summed E-state index contributed by atoms with van der Waals surface area (Å²) in [6.07, 6.45) is -2.17. The Morgan fingerprint density at radius 3 is 2.30 bits per heavy atom. The molecule has 2 aromatic heterocycles. The number of ether oxygens (including phenoxy) is 2. The molecule has 194 valence electrons. The Balaban J connectivity index is 1.88. The molecule has 9 heteroatoms. The standard InChI is InChI=1S/C28H30N2O6S/c1-15(2)35-27(34)36-21-12-11-20-23(19-13-14-37-24(19)25(31)29-20)22(21)18-9-7-17(8-10-18)16(3)30(26(32)33)28(4,5)6/h7-16H,1-6H3,(H,29,31)(H,32,33). The normalized spacial score (nSPS) is 12.6. The van der Waals surface area contributed by atoms with Gasteiger partial charge in [0.2, 0.25) is 0 Å². The van der Waals surface area contributed by atoms with Gasteiger partial charge >= 0.3 is 12.2 Å². The lowest BCUT2D eigenvalue weighted by Gasteiger charge is -2.38. The van der Waals surface area contributed by atoms with E-state index in [0.29, 0.717) is 21.5 Å². The molecular weight excluding hydrogens is 492 g/mol. The Kier molecular flexibility index (Phi) is 7.01. The average molecular weight is 523 g/mol. The highest BCUT2D eigenvalue weighted by molar-refractivity contribution is 7.17. The summed E-state index contributed by atoms with van der Waals surface area (Å²) in [7, 11) is 0. The molecule has 0 radical (unpaired) electrons. The first kappa shape index (κ1) is 26.2. The fourth-order valence-corrected chi connectivity index (χ4v) is 5.41. The lowest BCUT2D eigenvalue weighted by Crippen LogP contribution is -2.46. The van der Waals surface area contributed by atoms with Crippen LogP contribution >= 0.6 is 11.3 Å². The zero-order valence-electron chi connectivity index (χ0n) is 21.6. The maximum absolute atomic E-state index is 12.6. The van der Waals surface area contributed by atoms with Crippen LogP contribution in [0.2, 0.25) is 0 Å². The molecule has 8 nitrogen and oxygen atoms in total. The van der Waals surface area contributed by atoms with Crippen molar-refractivity contribution in [3.63, 3.8) is 0 Å². The second-order valence-electron chi connectivity index (χ2n) is 10.1. The van der Waals surface area contributed by atoms with Crippen LogP contribution in [0.25, 0.3) is 32.1 Å². The number of benzene rings is 2. The summed E-state index contributed by atoms with van der Waals surface area (Å²) >= 11 is 1.34. The van der Waals surface area contributed by atoms with Gasteiger partial charge < -0.3 is 19.6 Å². The third kappa shape index (κ3) is 5.17. The molecule has 4 aromatic rings. The smallest absolute Gasteiger partial charge is 0.465 e. The van der Waals surface area contributed by atoms with Crippen LogP contribution < -0.4 is 10.3 Å². The molecule has 0 fully saturated rings. The number of amides is 1. The Morgan fingerprint density at radius 2 is 1.70 bits per heavy atom. The fraction of sp³-hybridized carbons (Fsp3) is 0.321. The van der Waals surface area contributed by atoms with Crippen molar-refractivity contribution in [3.05, 3.63) is 63.8 Å². The van der Waals surface area contributed by atoms with Gasteiger partial charge in [0.25, 0.3) is 5.56 Å². The summed E-state index contributed by atoms with van der Waals surface area (Å²) in [5, 5.41) is 13.2. The largest absolute Gasteiger partial charge is 0.514 e. The first-order valence-electron chi connectivity index (χ1n) is 12.0. The molecule has 4 rings (SSSR count). The summed E-state index contributed by atoms with van der Waals surface area (Å²) in [6, 6.07) is 12.3. The van der Waals surface area contributed by atoms with Crippen molar-refractivity contribution in [2.45, 2.75) is 59.2 Å². The third-order valence-corrected chi connectivity index (χ3v) is 6.99. The number of fused-ring (bicyclic) bond motifs is 3. The number of carbonyl (C=O) groups excluding carboxylic acids is 1. The van der Waals surface area contributed by atoms with E-state index < -0.39 is 23.8 Å². The lowest BCUT2D eigenvalue weighted by molar-refractivity contribution is 0.0726. The topological polar surface area (TPSA) is 109 Å². The van der Waals surface area contributed by atoms with Crippen LogP contribution in [0.4, 0.5) is 9.59 Å². The third-order valence-electron chi connectivity index (χ3n) is 6.08. The number of nitrogens with one attached hydrogen (secondary N) is 1. The van der Waals surface area contributed by atoms with E-state index in [4.69, 9.17) is 9.47 Å². The van der Waals surface area contributed by atoms with Crippen molar-refractivity contribution in [1.29, 1.82) is 0 Å². The highest BCUT2D eigenvalue weighted by Gasteiger charge is 2.31. The van der Waals surface area contributed by atoms with Gasteiger partial charge in [-0.15, -0.1) is 11.3 Å². The van der Waals surface area contributed by atoms with Gasteiger partial charge in [-0.1, -0.05) is 24.3 Å². The molecule has 0 saturated heterocycles. The molecule has 37 heavy (non-hydrogen) atoms. The fourth-order valence-electron chi connectivity index (χ4n) is 4.62. The van der Waals surface area contributed by atoms with Gasteiger partial charge in [0.1, 0.15) is 10.4 Å². The molecule has 0 bridgehead atoms. The van der Waals surface area contributed by atoms with Crippen molar-refractivity contribution in [2.75, 3.05) is 0 Å². The minimum atomic E-state index is -0.999. The van der Waals surface area contributed by atoms with Crippen LogP contribution in [0.5, 0.6) is 5.75 Å². The first-order chi connectivity index (χ1) is 17.4. The van der Waals surface area contributed by atoms with E-state index in [9.17, 15) is 19.5 Å². The predicted molar refractivity (Wildman–Crippen MR) is 146 cm³/mol. The van der Waals surface area contributed by atoms with Gasteiger partial charge in [-0.05, 0) is 76.2 Å². The monoisotopic (exact) mass is 522 g/mol. The summed E-state index contributed by atoms with van der Waals surface area (Å²) in [6.45, 7) is 10.9. The summed E-state index contributed by atoms with van der Waals surface area (Å²) in [4.78, 5) is 41.3. The summed E-state index contributed by atoms with van der Waals surface area (Å²) in [5.74, 6) is 0.292. The zero-order chi connectivity index (χ0) is 27.1. The number of thiophene rings is 1. The number of pyridine rings is 1. The Hall–Kier alpha value is -3.85. The zero-order valence-corrected chi connectivity index (χ0v) is 22.4. The Morgan fingerprint density at radius 1 is 1.03 bits per heavy atom. The molecule has 2 heterocycles. The van der Waals surface area contributed by atoms with Gasteiger partial charge in [0.05, 0.1) is 12.1 Å². The summed E-state index contributed by atoms with van der Waals surface area (Å²) < 4.78 is 11.4. The molecule has 1 atom stereocenters. The molecule has 1 unspecified atom stereocenters. The number of rotatable bonds is 5. The van der Waals surface area contributed by atoms with Crippen LogP contribution in [0.15, 0.2) is 52.6 Å². The van der Waals surface area contributed by atoms with Crippen LogP contribution in [0.3, 0.4) is 0 Å². The minimum Gasteiger partial charge on any atom is -0.465 e. The second-order valence-corrected chi connectivity index (χ2v) is 11.0. The first-order valence-corrected chi connectivity index (χ1v) is 12.8. The SMILES string of the molecule is CC(C)OC(=O)Oc1ccc2[nH]c(=O)c3sccc3c2c1-c1ccc(C(C)N(C(=O)O)C(C)(C)C)cc1. The van der Waals surface area contributed by atoms with Crippen LogP contribution in [-0.2, 0) is 4.74 Å². The van der Waals surface area contributed by atoms with Crippen molar-refractivity contribution in [2.24, 2.45) is 0 Å². The van der Waals surface area contributed by atoms with Gasteiger partial charge in [0, 0.05) is 27.4 Å². The van der Waals surface area contributed by atoms with E-state index in [-0.39, 0.29) is 11.7 Å². The highest BCUT2D eigenvalue weighted by Crippen LogP contribution is 2.41. The van der Waals surface area contributed by atoms with Crippen LogP contribution in [0, 0.1) is 0 Å². The van der Waals surface area contributed by atoms with Crippen molar-refractivity contribution in [1.82, 2.24) is 9.88 Å². The van der Waals surface area contributed by atoms with Crippen LogP contribution in [0.1, 0.15) is 53.1 Å². The average Bonchev–Trinajstić information content (AvgIpc) is 3.28. The number of carbonyl (C=O) groups is 2. The number of aromatic nitrogens is 1. The molecule has 0 aliphatic rings. The number of nitrogens with zero attached hydrogens (tertiary/aromatic N) is 1. The molecule has 2 N–H and O–H groups in total. The minimum absolute atomic E-state index is 0.184. The molecule has 0 spiro atoms. The van der Waals surface area contributed by atoms with E-state index >= 15 is 0 Å². The number of aromatic amines is 1. The van der Waals surface area contributed by atoms with Gasteiger partial charge in [0.15, 0.2) is 0 Å². The van der Waals surface area contributed by atoms with E-state index in [1.165, 1.54) is 16.2 Å². The molecular formula is C28H30N2O6S. The van der Waals surface area contributed by atoms with E-state index in [2.05, 4.69) is 4.98 Å². The molecule has 0 saturated carbocycles. The number of hydrogen-bond donors (Lipinski definition) is 2. The predicted octanol–water partition coefficient (Wildman–Crippen LogP) is 7.17. The molecule has 2 aromatic carbocycles. The van der Waals surface area contributed by atoms with Gasteiger partial charge in [-0.25, -0.2) is 9.59 Å². The van der Waals surface area contributed by atoms with Crippen molar-refractivity contribution in [3.8, 4) is 16.9 Å². The highest BCUT2D eigenvalue weighted by atomic mass is 32.1. The maximum Gasteiger partial charge on any atom is 0.514 e. The van der Waals surface area contributed by atoms with Crippen molar-refractivity contribution < 1.29 is 24.2 Å². The van der Waals surface area contributed by atoms with Crippen LogP contribution in [-0.4, -0.2) is 38.9 Å². The molecule has 1 amide bonds. The number of hydrogen-bond acceptors (Lipinski definition) is 6. The Labute approximate surface area is 218 Å². The molecule has 0 aliphatic carbocycles. The molecule has 0 aliphatic heterocycles. The number of H-pyrrole nitrogens is 1. The number of carboxylic acid groups (broad SMARTS) is 1. The van der Waals surface area contributed by atoms with E-state index in [1.54, 1.807) is 26.0 Å². The van der Waals surface area contributed by atoms with Gasteiger partial charge in [-0.3, -0.25) is 9.69 Å². The quantitative estimate of drug-likeness (QED) is 0.212. The Bertz CT molecular complexity index is 1530. The van der Waals surface area contributed by atoms with E-state index in [1.807, 2.05) is 63.4 Å².